The number of aliphatic hydroxyl groups excluding tert-OH is 1. The van der Waals surface area contributed by atoms with E-state index in [1.54, 1.807) is 0 Å². The Morgan fingerprint density at radius 2 is 1.68 bits per heavy atom. The van der Waals surface area contributed by atoms with E-state index in [9.17, 15) is 5.11 Å². The highest BCUT2D eigenvalue weighted by molar-refractivity contribution is 4.81. The average molecular weight is 273 g/mol. The minimum atomic E-state index is -0.113. The predicted molar refractivity (Wildman–Crippen MR) is 83.7 cm³/mol. The zero-order valence-corrected chi connectivity index (χ0v) is 13.7. The summed E-state index contributed by atoms with van der Waals surface area (Å²) in [6.07, 6.45) is 3.40. The normalized spacial score (nSPS) is 15.2. The van der Waals surface area contributed by atoms with E-state index in [1.165, 1.54) is 13.0 Å². The second kappa shape index (κ2) is 10.6. The molecule has 4 heteroatoms. The second-order valence-electron chi connectivity index (χ2n) is 5.94. The molecule has 0 spiro atoms. The highest BCUT2D eigenvalue weighted by atomic mass is 16.3. The van der Waals surface area contributed by atoms with Gasteiger partial charge in [-0.2, -0.15) is 0 Å². The van der Waals surface area contributed by atoms with Crippen LogP contribution < -0.4 is 5.32 Å². The lowest BCUT2D eigenvalue weighted by molar-refractivity contribution is 0.158. The molecule has 0 bridgehead atoms. The Balaban J connectivity index is 3.87. The van der Waals surface area contributed by atoms with E-state index in [-0.39, 0.29) is 12.1 Å². The van der Waals surface area contributed by atoms with E-state index in [0.717, 1.165) is 39.0 Å². The molecule has 0 rings (SSSR count). The van der Waals surface area contributed by atoms with Crippen molar-refractivity contribution < 1.29 is 5.11 Å². The van der Waals surface area contributed by atoms with Crippen LogP contribution in [0, 0.1) is 0 Å². The summed E-state index contributed by atoms with van der Waals surface area (Å²) >= 11 is 0. The van der Waals surface area contributed by atoms with Gasteiger partial charge in [0.25, 0.3) is 0 Å². The molecule has 0 amide bonds. The first-order chi connectivity index (χ1) is 8.97. The van der Waals surface area contributed by atoms with Crippen LogP contribution in [0.5, 0.6) is 0 Å². The molecular formula is C15H35N3O. The first kappa shape index (κ1) is 18.8. The molecule has 0 aromatic rings. The average Bonchev–Trinajstić information content (AvgIpc) is 2.37. The van der Waals surface area contributed by atoms with Crippen LogP contribution in [0.4, 0.5) is 0 Å². The Bertz CT molecular complexity index is 212. The number of nitrogens with one attached hydrogen (secondary N) is 1. The summed E-state index contributed by atoms with van der Waals surface area (Å²) < 4.78 is 0. The van der Waals surface area contributed by atoms with Gasteiger partial charge in [0.2, 0.25) is 0 Å². The summed E-state index contributed by atoms with van der Waals surface area (Å²) in [6, 6.07) is 0. The van der Waals surface area contributed by atoms with Gasteiger partial charge in [0.1, 0.15) is 0 Å². The molecule has 0 aromatic heterocycles. The van der Waals surface area contributed by atoms with Crippen LogP contribution in [0.25, 0.3) is 0 Å². The van der Waals surface area contributed by atoms with Gasteiger partial charge in [-0.3, -0.25) is 0 Å². The molecule has 1 atom stereocenters. The van der Waals surface area contributed by atoms with Crippen LogP contribution in [0.3, 0.4) is 0 Å². The van der Waals surface area contributed by atoms with Gasteiger partial charge in [0.05, 0.1) is 6.61 Å². The summed E-state index contributed by atoms with van der Waals surface area (Å²) in [5.41, 5.74) is -0.113. The van der Waals surface area contributed by atoms with Gasteiger partial charge in [-0.25, -0.2) is 0 Å². The fourth-order valence-electron chi connectivity index (χ4n) is 2.38. The van der Waals surface area contributed by atoms with E-state index in [0.29, 0.717) is 0 Å². The SMILES string of the molecule is CCNC(C)(CO)CCCN(CC)CCCN(C)C. The summed E-state index contributed by atoms with van der Waals surface area (Å²) in [4.78, 5) is 4.75. The quantitative estimate of drug-likeness (QED) is 0.564. The lowest BCUT2D eigenvalue weighted by Crippen LogP contribution is -2.46. The van der Waals surface area contributed by atoms with Crippen molar-refractivity contribution >= 4 is 0 Å². The zero-order chi connectivity index (χ0) is 14.7. The molecule has 2 N–H and O–H groups in total. The highest BCUT2D eigenvalue weighted by Gasteiger charge is 2.21. The molecule has 0 saturated heterocycles. The maximum atomic E-state index is 9.46. The van der Waals surface area contributed by atoms with Crippen LogP contribution in [0.2, 0.25) is 0 Å². The molecule has 0 aliphatic heterocycles. The second-order valence-corrected chi connectivity index (χ2v) is 5.94. The first-order valence-corrected chi connectivity index (χ1v) is 7.70. The number of hydrogen-bond donors (Lipinski definition) is 2. The number of likely N-dealkylation sites (N-methyl/N-ethyl adjacent to an activating group) is 1. The van der Waals surface area contributed by atoms with Crippen LogP contribution >= 0.6 is 0 Å². The van der Waals surface area contributed by atoms with Crippen LogP contribution in [0.15, 0.2) is 0 Å². The molecule has 4 nitrogen and oxygen atoms in total. The third-order valence-electron chi connectivity index (χ3n) is 3.68. The fraction of sp³-hybridized carbons (Fsp3) is 1.00. The van der Waals surface area contributed by atoms with Crippen molar-refractivity contribution in [1.82, 2.24) is 15.1 Å². The highest BCUT2D eigenvalue weighted by Crippen LogP contribution is 2.12. The van der Waals surface area contributed by atoms with E-state index in [2.05, 4.69) is 50.0 Å². The molecule has 116 valence electrons. The van der Waals surface area contributed by atoms with Crippen LogP contribution in [0.1, 0.15) is 40.0 Å². The number of aliphatic hydroxyl groups is 1. The van der Waals surface area contributed by atoms with Gasteiger partial charge in [-0.15, -0.1) is 0 Å². The van der Waals surface area contributed by atoms with Crippen molar-refractivity contribution in [2.24, 2.45) is 0 Å². The van der Waals surface area contributed by atoms with Crippen LogP contribution in [-0.2, 0) is 0 Å². The maximum absolute atomic E-state index is 9.46. The fourth-order valence-corrected chi connectivity index (χ4v) is 2.38. The lowest BCUT2D eigenvalue weighted by atomic mass is 9.96. The summed E-state index contributed by atoms with van der Waals surface area (Å²) in [5.74, 6) is 0. The molecule has 0 aromatic carbocycles. The predicted octanol–water partition coefficient (Wildman–Crippen LogP) is 1.40. The van der Waals surface area contributed by atoms with Gasteiger partial charge in [-0.1, -0.05) is 13.8 Å². The molecule has 19 heavy (non-hydrogen) atoms. The van der Waals surface area contributed by atoms with Crippen molar-refractivity contribution in [3.63, 3.8) is 0 Å². The Labute approximate surface area is 120 Å². The maximum Gasteiger partial charge on any atom is 0.0610 e. The summed E-state index contributed by atoms with van der Waals surface area (Å²) in [5, 5.41) is 12.8. The smallest absolute Gasteiger partial charge is 0.0610 e. The number of hydrogen-bond acceptors (Lipinski definition) is 4. The van der Waals surface area contributed by atoms with Crippen molar-refractivity contribution in [3.8, 4) is 0 Å². The Morgan fingerprint density at radius 1 is 1.05 bits per heavy atom. The molecule has 0 heterocycles. The number of nitrogens with zero attached hydrogens (tertiary/aromatic N) is 2. The minimum absolute atomic E-state index is 0.113. The largest absolute Gasteiger partial charge is 0.394 e. The van der Waals surface area contributed by atoms with Gasteiger partial charge in [0, 0.05) is 5.54 Å². The molecule has 0 fully saturated rings. The zero-order valence-electron chi connectivity index (χ0n) is 13.7. The third kappa shape index (κ3) is 9.38. The first-order valence-electron chi connectivity index (χ1n) is 7.70. The topological polar surface area (TPSA) is 38.7 Å². The van der Waals surface area contributed by atoms with E-state index in [1.807, 2.05) is 0 Å². The van der Waals surface area contributed by atoms with E-state index < -0.39 is 0 Å². The Kier molecular flexibility index (Phi) is 10.5. The minimum Gasteiger partial charge on any atom is -0.394 e. The van der Waals surface area contributed by atoms with Crippen molar-refractivity contribution in [2.45, 2.75) is 45.6 Å². The van der Waals surface area contributed by atoms with E-state index in [4.69, 9.17) is 0 Å². The Morgan fingerprint density at radius 3 is 2.16 bits per heavy atom. The van der Waals surface area contributed by atoms with Crippen LogP contribution in [-0.4, -0.2) is 73.9 Å². The van der Waals surface area contributed by atoms with Crippen molar-refractivity contribution in [3.05, 3.63) is 0 Å². The van der Waals surface area contributed by atoms with Crippen molar-refractivity contribution in [2.75, 3.05) is 53.4 Å². The third-order valence-corrected chi connectivity index (χ3v) is 3.68. The van der Waals surface area contributed by atoms with Gasteiger partial charge in [0.15, 0.2) is 0 Å². The van der Waals surface area contributed by atoms with E-state index >= 15 is 0 Å². The standard InChI is InChI=1S/C15H35N3O/c1-6-16-15(3,14-19)10-8-12-18(7-2)13-9-11-17(4)5/h16,19H,6-14H2,1-5H3. The molecule has 0 radical (unpaired) electrons. The molecule has 0 aliphatic rings. The monoisotopic (exact) mass is 273 g/mol. The molecular weight excluding hydrogens is 238 g/mol. The van der Waals surface area contributed by atoms with Crippen molar-refractivity contribution in [1.29, 1.82) is 0 Å². The lowest BCUT2D eigenvalue weighted by Gasteiger charge is -2.30. The van der Waals surface area contributed by atoms with Gasteiger partial charge >= 0.3 is 0 Å². The molecule has 0 aliphatic carbocycles. The molecule has 0 saturated carbocycles. The summed E-state index contributed by atoms with van der Waals surface area (Å²) in [6.45, 7) is 12.1. The Hall–Kier alpha value is -0.160. The van der Waals surface area contributed by atoms with Gasteiger partial charge in [-0.05, 0) is 73.0 Å². The molecule has 1 unspecified atom stereocenters. The van der Waals surface area contributed by atoms with Gasteiger partial charge < -0.3 is 20.2 Å². The number of rotatable bonds is 12. The summed E-state index contributed by atoms with van der Waals surface area (Å²) in [7, 11) is 4.25.